The number of benzene rings is 1. The van der Waals surface area contributed by atoms with Crippen molar-refractivity contribution in [2.45, 2.75) is 13.0 Å². The Hall–Kier alpha value is -0.570. The molecule has 0 fully saturated rings. The fourth-order valence-electron chi connectivity index (χ4n) is 1.12. The molecule has 0 bridgehead atoms. The highest BCUT2D eigenvalue weighted by Crippen LogP contribution is 2.27. The number of aliphatic hydroxyl groups is 2. The molecular formula is C10H13ClO2. The van der Waals surface area contributed by atoms with Crippen LogP contribution in [-0.4, -0.2) is 16.8 Å². The SMILES string of the molecule is C[C@H](CO)[C@@H](O)c1ccccc1Cl. The van der Waals surface area contributed by atoms with Crippen LogP contribution in [0.1, 0.15) is 18.6 Å². The Morgan fingerprint density at radius 3 is 2.54 bits per heavy atom. The van der Waals surface area contributed by atoms with Crippen LogP contribution in [0.4, 0.5) is 0 Å². The van der Waals surface area contributed by atoms with Crippen LogP contribution < -0.4 is 0 Å². The van der Waals surface area contributed by atoms with E-state index in [4.69, 9.17) is 16.7 Å². The number of rotatable bonds is 3. The lowest BCUT2D eigenvalue weighted by Crippen LogP contribution is -2.13. The Morgan fingerprint density at radius 2 is 2.00 bits per heavy atom. The first kappa shape index (κ1) is 10.5. The highest BCUT2D eigenvalue weighted by Gasteiger charge is 2.17. The van der Waals surface area contributed by atoms with Gasteiger partial charge in [0, 0.05) is 17.5 Å². The predicted molar refractivity (Wildman–Crippen MR) is 52.7 cm³/mol. The summed E-state index contributed by atoms with van der Waals surface area (Å²) in [4.78, 5) is 0. The van der Waals surface area contributed by atoms with Gasteiger partial charge in [-0.2, -0.15) is 0 Å². The van der Waals surface area contributed by atoms with Gasteiger partial charge in [-0.05, 0) is 11.6 Å². The molecule has 72 valence electrons. The summed E-state index contributed by atoms with van der Waals surface area (Å²) in [7, 11) is 0. The first-order valence-corrected chi connectivity index (χ1v) is 4.58. The Kier molecular flexibility index (Phi) is 3.72. The van der Waals surface area contributed by atoms with Crippen molar-refractivity contribution in [3.63, 3.8) is 0 Å². The van der Waals surface area contributed by atoms with Gasteiger partial charge in [0.2, 0.25) is 0 Å². The zero-order valence-corrected chi connectivity index (χ0v) is 8.20. The average molecular weight is 201 g/mol. The van der Waals surface area contributed by atoms with E-state index in [2.05, 4.69) is 0 Å². The first-order chi connectivity index (χ1) is 6.16. The van der Waals surface area contributed by atoms with Crippen LogP contribution in [0.3, 0.4) is 0 Å². The Balaban J connectivity index is 2.88. The number of hydrogen-bond donors (Lipinski definition) is 2. The van der Waals surface area contributed by atoms with Gasteiger partial charge in [-0.3, -0.25) is 0 Å². The second kappa shape index (κ2) is 4.61. The average Bonchev–Trinajstić information content (AvgIpc) is 2.16. The van der Waals surface area contributed by atoms with Crippen molar-refractivity contribution in [3.05, 3.63) is 34.9 Å². The maximum absolute atomic E-state index is 9.73. The second-order valence-corrected chi connectivity index (χ2v) is 3.53. The minimum absolute atomic E-state index is 0.0492. The van der Waals surface area contributed by atoms with E-state index in [-0.39, 0.29) is 12.5 Å². The summed E-state index contributed by atoms with van der Waals surface area (Å²) >= 11 is 5.88. The van der Waals surface area contributed by atoms with Crippen LogP contribution in [0, 0.1) is 5.92 Å². The molecule has 2 atom stereocenters. The van der Waals surface area contributed by atoms with Crippen molar-refractivity contribution >= 4 is 11.6 Å². The summed E-state index contributed by atoms with van der Waals surface area (Å²) in [6, 6.07) is 7.11. The highest BCUT2D eigenvalue weighted by molar-refractivity contribution is 6.31. The molecule has 0 aliphatic carbocycles. The summed E-state index contributed by atoms with van der Waals surface area (Å²) in [5, 5.41) is 19.1. The molecule has 0 saturated carbocycles. The quantitative estimate of drug-likeness (QED) is 0.784. The minimum Gasteiger partial charge on any atom is -0.396 e. The van der Waals surface area contributed by atoms with E-state index in [1.54, 1.807) is 19.1 Å². The summed E-state index contributed by atoms with van der Waals surface area (Å²) in [6.45, 7) is 1.72. The monoisotopic (exact) mass is 200 g/mol. The molecule has 1 aromatic carbocycles. The molecule has 2 N–H and O–H groups in total. The van der Waals surface area contributed by atoms with E-state index in [1.807, 2.05) is 12.1 Å². The van der Waals surface area contributed by atoms with Gasteiger partial charge in [-0.1, -0.05) is 36.7 Å². The molecule has 0 amide bonds. The molecule has 2 nitrogen and oxygen atoms in total. The van der Waals surface area contributed by atoms with Crippen LogP contribution in [0.2, 0.25) is 5.02 Å². The van der Waals surface area contributed by atoms with E-state index in [1.165, 1.54) is 0 Å². The van der Waals surface area contributed by atoms with Gasteiger partial charge < -0.3 is 10.2 Å². The molecule has 1 rings (SSSR count). The van der Waals surface area contributed by atoms with Crippen molar-refractivity contribution < 1.29 is 10.2 Å². The van der Waals surface area contributed by atoms with Gasteiger partial charge in [-0.25, -0.2) is 0 Å². The van der Waals surface area contributed by atoms with Crippen molar-refractivity contribution in [1.29, 1.82) is 0 Å². The molecule has 3 heteroatoms. The van der Waals surface area contributed by atoms with Gasteiger partial charge in [0.1, 0.15) is 0 Å². The third-order valence-electron chi connectivity index (χ3n) is 2.05. The Bertz CT molecular complexity index is 275. The predicted octanol–water partition coefficient (Wildman–Crippen LogP) is 2.00. The highest BCUT2D eigenvalue weighted by atomic mass is 35.5. The lowest BCUT2D eigenvalue weighted by molar-refractivity contribution is 0.0771. The fraction of sp³-hybridized carbons (Fsp3) is 0.400. The number of halogens is 1. The van der Waals surface area contributed by atoms with Gasteiger partial charge in [0.05, 0.1) is 6.10 Å². The first-order valence-electron chi connectivity index (χ1n) is 4.20. The summed E-state index contributed by atoms with van der Waals surface area (Å²) in [5.74, 6) is -0.195. The zero-order chi connectivity index (χ0) is 9.84. The third-order valence-corrected chi connectivity index (χ3v) is 2.40. The zero-order valence-electron chi connectivity index (χ0n) is 7.44. The number of hydrogen-bond acceptors (Lipinski definition) is 2. The topological polar surface area (TPSA) is 40.5 Å². The van der Waals surface area contributed by atoms with Crippen molar-refractivity contribution in [2.75, 3.05) is 6.61 Å². The fourth-order valence-corrected chi connectivity index (χ4v) is 1.37. The smallest absolute Gasteiger partial charge is 0.0851 e. The molecule has 1 aromatic rings. The van der Waals surface area contributed by atoms with Crippen LogP contribution in [0.25, 0.3) is 0 Å². The van der Waals surface area contributed by atoms with Crippen LogP contribution in [0.15, 0.2) is 24.3 Å². The second-order valence-electron chi connectivity index (χ2n) is 3.13. The third kappa shape index (κ3) is 2.44. The lowest BCUT2D eigenvalue weighted by atomic mass is 9.98. The summed E-state index contributed by atoms with van der Waals surface area (Å²) in [5.41, 5.74) is 0.672. The van der Waals surface area contributed by atoms with E-state index < -0.39 is 6.10 Å². The van der Waals surface area contributed by atoms with Crippen molar-refractivity contribution in [1.82, 2.24) is 0 Å². The van der Waals surface area contributed by atoms with Crippen molar-refractivity contribution in [2.24, 2.45) is 5.92 Å². The maximum Gasteiger partial charge on any atom is 0.0851 e. The Morgan fingerprint density at radius 1 is 1.38 bits per heavy atom. The molecule has 0 unspecified atom stereocenters. The molecule has 13 heavy (non-hydrogen) atoms. The molecule has 0 aliphatic rings. The van der Waals surface area contributed by atoms with Crippen LogP contribution in [0.5, 0.6) is 0 Å². The van der Waals surface area contributed by atoms with Gasteiger partial charge >= 0.3 is 0 Å². The maximum atomic E-state index is 9.73. The van der Waals surface area contributed by atoms with Gasteiger partial charge in [-0.15, -0.1) is 0 Å². The summed E-state index contributed by atoms with van der Waals surface area (Å²) in [6.07, 6.45) is -0.696. The minimum atomic E-state index is -0.696. The molecular weight excluding hydrogens is 188 g/mol. The number of aliphatic hydroxyl groups excluding tert-OH is 2. The molecule has 0 saturated heterocycles. The van der Waals surface area contributed by atoms with E-state index >= 15 is 0 Å². The van der Waals surface area contributed by atoms with E-state index in [0.717, 1.165) is 0 Å². The molecule has 0 spiro atoms. The standard InChI is InChI=1S/C10H13ClO2/c1-7(6-12)10(13)8-4-2-3-5-9(8)11/h2-5,7,10,12-13H,6H2,1H3/t7-,10-/m1/s1. The van der Waals surface area contributed by atoms with Gasteiger partial charge in [0.25, 0.3) is 0 Å². The van der Waals surface area contributed by atoms with Crippen LogP contribution in [-0.2, 0) is 0 Å². The van der Waals surface area contributed by atoms with E-state index in [0.29, 0.717) is 10.6 Å². The molecule has 0 radical (unpaired) electrons. The Labute approximate surface area is 82.8 Å². The largest absolute Gasteiger partial charge is 0.396 e. The van der Waals surface area contributed by atoms with E-state index in [9.17, 15) is 5.11 Å². The van der Waals surface area contributed by atoms with Gasteiger partial charge in [0.15, 0.2) is 0 Å². The molecule has 0 heterocycles. The van der Waals surface area contributed by atoms with Crippen molar-refractivity contribution in [3.8, 4) is 0 Å². The molecule has 0 aliphatic heterocycles. The summed E-state index contributed by atoms with van der Waals surface area (Å²) < 4.78 is 0. The molecule has 0 aromatic heterocycles. The van der Waals surface area contributed by atoms with Crippen LogP contribution >= 0.6 is 11.6 Å². The normalized spacial score (nSPS) is 15.4. The lowest BCUT2D eigenvalue weighted by Gasteiger charge is -2.17.